The lowest BCUT2D eigenvalue weighted by atomic mass is 9.91. The molecule has 4 heteroatoms. The Bertz CT molecular complexity index is 197. The summed E-state index contributed by atoms with van der Waals surface area (Å²) in [7, 11) is 1.96. The van der Waals surface area contributed by atoms with Gasteiger partial charge in [-0.15, -0.1) is 0 Å². The molecule has 3 unspecified atom stereocenters. The van der Waals surface area contributed by atoms with Gasteiger partial charge in [0.15, 0.2) is 0 Å². The fourth-order valence-electron chi connectivity index (χ4n) is 1.75. The second kappa shape index (κ2) is 7.12. The molecule has 0 aliphatic carbocycles. The molecule has 0 rings (SSSR count). The van der Waals surface area contributed by atoms with Crippen LogP contribution < -0.4 is 5.32 Å². The molecule has 3 nitrogen and oxygen atoms in total. The van der Waals surface area contributed by atoms with Gasteiger partial charge < -0.3 is 5.32 Å². The van der Waals surface area contributed by atoms with Crippen LogP contribution >= 0.6 is 12.8 Å². The van der Waals surface area contributed by atoms with Crippen molar-refractivity contribution in [3.8, 4) is 0 Å². The number of hydrogen-bond acceptors (Lipinski definition) is 3. The maximum absolute atomic E-state index is 11.0. The summed E-state index contributed by atoms with van der Waals surface area (Å²) in [6.45, 7) is 7.95. The van der Waals surface area contributed by atoms with Crippen LogP contribution in [0.3, 0.4) is 0 Å². The molecular weight excluding hydrogens is 208 g/mol. The molecule has 0 aromatic heterocycles. The van der Waals surface area contributed by atoms with Crippen molar-refractivity contribution in [1.82, 2.24) is 9.62 Å². The molecule has 0 aliphatic heterocycles. The zero-order valence-electron chi connectivity index (χ0n) is 10.4. The number of amides is 1. The highest BCUT2D eigenvalue weighted by atomic mass is 32.1. The second-order valence-electron chi connectivity index (χ2n) is 4.32. The van der Waals surface area contributed by atoms with Crippen LogP contribution in [0.4, 0.5) is 0 Å². The van der Waals surface area contributed by atoms with Gasteiger partial charge in [-0.25, -0.2) is 0 Å². The van der Waals surface area contributed by atoms with Crippen LogP contribution in [-0.4, -0.2) is 29.3 Å². The summed E-state index contributed by atoms with van der Waals surface area (Å²) in [5, 5.41) is 2.96. The van der Waals surface area contributed by atoms with E-state index in [1.807, 2.05) is 11.4 Å². The Morgan fingerprint density at radius 1 is 1.47 bits per heavy atom. The molecule has 90 valence electrons. The third-order valence-corrected chi connectivity index (χ3v) is 3.34. The second-order valence-corrected chi connectivity index (χ2v) is 4.95. The third kappa shape index (κ3) is 6.05. The first-order valence-electron chi connectivity index (χ1n) is 5.57. The average molecular weight is 232 g/mol. The molecule has 0 spiro atoms. The van der Waals surface area contributed by atoms with Crippen molar-refractivity contribution in [2.75, 3.05) is 7.05 Å². The van der Waals surface area contributed by atoms with Gasteiger partial charge >= 0.3 is 0 Å². The minimum atomic E-state index is 0.0489. The lowest BCUT2D eigenvalue weighted by Gasteiger charge is -2.28. The first-order chi connectivity index (χ1) is 6.88. The number of nitrogens with zero attached hydrogens (tertiary/aromatic N) is 1. The summed E-state index contributed by atoms with van der Waals surface area (Å²) in [4.78, 5) is 11.0. The zero-order valence-corrected chi connectivity index (χ0v) is 11.3. The van der Waals surface area contributed by atoms with Crippen molar-refractivity contribution >= 4 is 18.7 Å². The standard InChI is InChI=1S/C11H24N2OS/c1-6-11(7-8(2)13(5)15)9(3)12-10(4)14/h8-9,11,15H,6-7H2,1-5H3,(H,12,14). The van der Waals surface area contributed by atoms with Gasteiger partial charge in [0.05, 0.1) is 0 Å². The van der Waals surface area contributed by atoms with Crippen molar-refractivity contribution in [1.29, 1.82) is 0 Å². The van der Waals surface area contributed by atoms with Gasteiger partial charge in [-0.3, -0.25) is 9.10 Å². The van der Waals surface area contributed by atoms with E-state index in [9.17, 15) is 4.79 Å². The molecule has 0 aromatic carbocycles. The van der Waals surface area contributed by atoms with Crippen LogP contribution in [0, 0.1) is 5.92 Å². The van der Waals surface area contributed by atoms with E-state index in [4.69, 9.17) is 0 Å². The molecule has 0 fully saturated rings. The largest absolute Gasteiger partial charge is 0.354 e. The quantitative estimate of drug-likeness (QED) is 0.687. The fourth-order valence-corrected chi connectivity index (χ4v) is 1.85. The van der Waals surface area contributed by atoms with Crippen molar-refractivity contribution < 1.29 is 4.79 Å². The van der Waals surface area contributed by atoms with Gasteiger partial charge in [-0.2, -0.15) is 0 Å². The Labute approximate surface area is 99.2 Å². The number of carbonyl (C=O) groups excluding carboxylic acids is 1. The molecule has 0 saturated heterocycles. The first-order valence-corrected chi connectivity index (χ1v) is 5.97. The predicted molar refractivity (Wildman–Crippen MR) is 67.9 cm³/mol. The van der Waals surface area contributed by atoms with Crippen molar-refractivity contribution in [3.05, 3.63) is 0 Å². The molecule has 0 heterocycles. The summed E-state index contributed by atoms with van der Waals surface area (Å²) in [5.41, 5.74) is 0. The van der Waals surface area contributed by atoms with Crippen molar-refractivity contribution in [2.45, 2.75) is 52.6 Å². The summed E-state index contributed by atoms with van der Waals surface area (Å²) in [6, 6.07) is 0.665. The number of carbonyl (C=O) groups is 1. The molecule has 1 N–H and O–H groups in total. The van der Waals surface area contributed by atoms with Gasteiger partial charge in [0.1, 0.15) is 0 Å². The van der Waals surface area contributed by atoms with Gasteiger partial charge in [-0.1, -0.05) is 26.2 Å². The smallest absolute Gasteiger partial charge is 0.217 e. The van der Waals surface area contributed by atoms with Crippen LogP contribution in [-0.2, 0) is 4.79 Å². The van der Waals surface area contributed by atoms with Crippen molar-refractivity contribution in [2.24, 2.45) is 5.92 Å². The van der Waals surface area contributed by atoms with Crippen LogP contribution in [0.2, 0.25) is 0 Å². The molecule has 0 bridgehead atoms. The van der Waals surface area contributed by atoms with Crippen LogP contribution in [0.1, 0.15) is 40.5 Å². The van der Waals surface area contributed by atoms with E-state index in [2.05, 4.69) is 38.9 Å². The Balaban J connectivity index is 4.17. The maximum atomic E-state index is 11.0. The van der Waals surface area contributed by atoms with E-state index in [0.29, 0.717) is 12.0 Å². The lowest BCUT2D eigenvalue weighted by Crippen LogP contribution is -2.38. The highest BCUT2D eigenvalue weighted by molar-refractivity contribution is 7.77. The zero-order chi connectivity index (χ0) is 12.0. The summed E-state index contributed by atoms with van der Waals surface area (Å²) >= 11 is 4.29. The average Bonchev–Trinajstić information content (AvgIpc) is 2.11. The molecule has 0 aliphatic rings. The summed E-state index contributed by atoms with van der Waals surface area (Å²) in [6.07, 6.45) is 2.13. The van der Waals surface area contributed by atoms with Crippen LogP contribution in [0.5, 0.6) is 0 Å². The Kier molecular flexibility index (Phi) is 7.02. The number of thiol groups is 1. The third-order valence-electron chi connectivity index (χ3n) is 2.94. The van der Waals surface area contributed by atoms with E-state index in [0.717, 1.165) is 12.8 Å². The lowest BCUT2D eigenvalue weighted by molar-refractivity contribution is -0.119. The molecule has 3 atom stereocenters. The van der Waals surface area contributed by atoms with Crippen LogP contribution in [0.25, 0.3) is 0 Å². The minimum Gasteiger partial charge on any atom is -0.354 e. The van der Waals surface area contributed by atoms with Gasteiger partial charge in [-0.05, 0) is 33.2 Å². The van der Waals surface area contributed by atoms with Gasteiger partial charge in [0, 0.05) is 19.0 Å². The molecule has 0 saturated carbocycles. The first kappa shape index (κ1) is 14.8. The Morgan fingerprint density at radius 2 is 2.00 bits per heavy atom. The minimum absolute atomic E-state index is 0.0489. The van der Waals surface area contributed by atoms with E-state index in [-0.39, 0.29) is 11.9 Å². The fraction of sp³-hybridized carbons (Fsp3) is 0.909. The summed E-state index contributed by atoms with van der Waals surface area (Å²) in [5.74, 6) is 0.561. The number of nitrogens with one attached hydrogen (secondary N) is 1. The Hall–Kier alpha value is -0.220. The van der Waals surface area contributed by atoms with E-state index in [1.165, 1.54) is 0 Å². The number of rotatable bonds is 6. The van der Waals surface area contributed by atoms with Crippen molar-refractivity contribution in [3.63, 3.8) is 0 Å². The molecular formula is C11H24N2OS. The molecule has 15 heavy (non-hydrogen) atoms. The molecule has 0 aromatic rings. The topological polar surface area (TPSA) is 32.3 Å². The maximum Gasteiger partial charge on any atom is 0.217 e. The molecule has 1 amide bonds. The number of hydrogen-bond donors (Lipinski definition) is 2. The highest BCUT2D eigenvalue weighted by Crippen LogP contribution is 2.18. The van der Waals surface area contributed by atoms with Crippen LogP contribution in [0.15, 0.2) is 0 Å². The van der Waals surface area contributed by atoms with E-state index in [1.54, 1.807) is 6.92 Å². The predicted octanol–water partition coefficient (Wildman–Crippen LogP) is 2.09. The van der Waals surface area contributed by atoms with E-state index >= 15 is 0 Å². The normalized spacial score (nSPS) is 17.3. The molecule has 0 radical (unpaired) electrons. The highest BCUT2D eigenvalue weighted by Gasteiger charge is 2.19. The van der Waals surface area contributed by atoms with E-state index < -0.39 is 0 Å². The SMILES string of the molecule is CCC(CC(C)N(C)S)C(C)NC(C)=O. The van der Waals surface area contributed by atoms with Gasteiger partial charge in [0.25, 0.3) is 0 Å². The monoisotopic (exact) mass is 232 g/mol. The Morgan fingerprint density at radius 3 is 2.33 bits per heavy atom. The van der Waals surface area contributed by atoms with Gasteiger partial charge in [0.2, 0.25) is 5.91 Å². The summed E-state index contributed by atoms with van der Waals surface area (Å²) < 4.78 is 1.92.